The summed E-state index contributed by atoms with van der Waals surface area (Å²) in [5, 5.41) is 2.96. The lowest BCUT2D eigenvalue weighted by Gasteiger charge is -2.26. The van der Waals surface area contributed by atoms with Gasteiger partial charge in [0.25, 0.3) is 10.0 Å². The lowest BCUT2D eigenvalue weighted by molar-refractivity contribution is -0.120. The van der Waals surface area contributed by atoms with Gasteiger partial charge in [-0.2, -0.15) is 0 Å². The number of carbonyl (C=O) groups excluding carboxylic acids is 1. The molecule has 0 saturated heterocycles. The fourth-order valence-corrected chi connectivity index (χ4v) is 5.13. The number of rotatable bonds is 6. The van der Waals surface area contributed by atoms with E-state index in [0.717, 1.165) is 42.8 Å². The van der Waals surface area contributed by atoms with Crippen molar-refractivity contribution in [1.82, 2.24) is 5.32 Å². The molecule has 7 heteroatoms. The van der Waals surface area contributed by atoms with E-state index < -0.39 is 28.3 Å². The van der Waals surface area contributed by atoms with E-state index in [1.807, 2.05) is 0 Å². The lowest BCUT2D eigenvalue weighted by Crippen LogP contribution is -2.44. The minimum Gasteiger partial charge on any atom is -0.352 e. The summed E-state index contributed by atoms with van der Waals surface area (Å²) in [7, 11) is -4.09. The smallest absolute Gasteiger partial charge is 0.264 e. The zero-order valence-corrected chi connectivity index (χ0v) is 17.2. The fourth-order valence-electron chi connectivity index (χ4n) is 3.68. The SMILES string of the molecule is O=C(CN(c1ccccc1F)S(=O)(=O)c1ccccc1)NC1CCCCCCC1. The van der Waals surface area contributed by atoms with E-state index in [2.05, 4.69) is 5.32 Å². The van der Waals surface area contributed by atoms with Crippen molar-refractivity contribution < 1.29 is 17.6 Å². The van der Waals surface area contributed by atoms with Gasteiger partial charge >= 0.3 is 0 Å². The highest BCUT2D eigenvalue weighted by atomic mass is 32.2. The monoisotopic (exact) mass is 418 g/mol. The highest BCUT2D eigenvalue weighted by molar-refractivity contribution is 7.92. The Kier molecular flexibility index (Phi) is 7.25. The number of carbonyl (C=O) groups is 1. The molecule has 1 aliphatic carbocycles. The van der Waals surface area contributed by atoms with E-state index in [1.54, 1.807) is 24.3 Å². The molecule has 1 fully saturated rings. The zero-order valence-electron chi connectivity index (χ0n) is 16.4. The molecule has 0 aromatic heterocycles. The van der Waals surface area contributed by atoms with Gasteiger partial charge in [0.05, 0.1) is 10.6 Å². The minimum atomic E-state index is -4.09. The van der Waals surface area contributed by atoms with Crippen LogP contribution in [0.25, 0.3) is 0 Å². The number of amides is 1. The van der Waals surface area contributed by atoms with Gasteiger partial charge in [0, 0.05) is 6.04 Å². The van der Waals surface area contributed by atoms with Crippen LogP contribution in [0, 0.1) is 5.82 Å². The molecule has 3 rings (SSSR count). The average molecular weight is 419 g/mol. The molecular formula is C22H27FN2O3S. The number of hydrogen-bond donors (Lipinski definition) is 1. The first-order valence-electron chi connectivity index (χ1n) is 10.1. The van der Waals surface area contributed by atoms with Gasteiger partial charge < -0.3 is 5.32 Å². The number of nitrogens with one attached hydrogen (secondary N) is 1. The van der Waals surface area contributed by atoms with Crippen LogP contribution in [0.15, 0.2) is 59.5 Å². The Morgan fingerprint density at radius 2 is 1.52 bits per heavy atom. The first-order chi connectivity index (χ1) is 14.0. The summed E-state index contributed by atoms with van der Waals surface area (Å²) < 4.78 is 41.7. The molecule has 2 aromatic rings. The van der Waals surface area contributed by atoms with Crippen molar-refractivity contribution in [2.45, 2.75) is 55.9 Å². The molecule has 0 spiro atoms. The van der Waals surface area contributed by atoms with Crippen molar-refractivity contribution in [3.63, 3.8) is 0 Å². The van der Waals surface area contributed by atoms with Crippen LogP contribution in [-0.4, -0.2) is 26.9 Å². The van der Waals surface area contributed by atoms with E-state index in [0.29, 0.717) is 0 Å². The molecule has 1 N–H and O–H groups in total. The van der Waals surface area contributed by atoms with Crippen molar-refractivity contribution in [3.8, 4) is 0 Å². The van der Waals surface area contributed by atoms with E-state index in [4.69, 9.17) is 0 Å². The molecule has 2 aromatic carbocycles. The third kappa shape index (κ3) is 5.56. The first kappa shape index (κ1) is 21.3. The quantitative estimate of drug-likeness (QED) is 0.763. The van der Waals surface area contributed by atoms with Crippen molar-refractivity contribution in [2.75, 3.05) is 10.8 Å². The molecule has 156 valence electrons. The molecule has 0 atom stereocenters. The van der Waals surface area contributed by atoms with Crippen LogP contribution < -0.4 is 9.62 Å². The number of nitrogens with zero attached hydrogens (tertiary/aromatic N) is 1. The molecule has 1 saturated carbocycles. The Hall–Kier alpha value is -2.41. The summed E-state index contributed by atoms with van der Waals surface area (Å²) >= 11 is 0. The van der Waals surface area contributed by atoms with Gasteiger partial charge in [-0.3, -0.25) is 9.10 Å². The van der Waals surface area contributed by atoms with Gasteiger partial charge in [-0.25, -0.2) is 12.8 Å². The second-order valence-corrected chi connectivity index (χ2v) is 9.25. The van der Waals surface area contributed by atoms with Gasteiger partial charge in [0.1, 0.15) is 12.4 Å². The van der Waals surface area contributed by atoms with Crippen molar-refractivity contribution in [3.05, 3.63) is 60.4 Å². The molecule has 1 aliphatic rings. The second-order valence-electron chi connectivity index (χ2n) is 7.39. The van der Waals surface area contributed by atoms with E-state index >= 15 is 0 Å². The number of anilines is 1. The van der Waals surface area contributed by atoms with Crippen LogP contribution in [-0.2, 0) is 14.8 Å². The first-order valence-corrected chi connectivity index (χ1v) is 11.5. The molecule has 5 nitrogen and oxygen atoms in total. The summed E-state index contributed by atoms with van der Waals surface area (Å²) in [5.41, 5.74) is -0.135. The van der Waals surface area contributed by atoms with Crippen LogP contribution in [0.1, 0.15) is 44.9 Å². The molecule has 0 heterocycles. The minimum absolute atomic E-state index is 0.0157. The molecule has 1 amide bonds. The van der Waals surface area contributed by atoms with E-state index in [-0.39, 0.29) is 16.6 Å². The van der Waals surface area contributed by atoms with Gasteiger partial charge in [-0.05, 0) is 37.1 Å². The summed E-state index contributed by atoms with van der Waals surface area (Å²) in [5.74, 6) is -1.11. The van der Waals surface area contributed by atoms with Crippen LogP contribution in [0.4, 0.5) is 10.1 Å². The van der Waals surface area contributed by atoms with E-state index in [9.17, 15) is 17.6 Å². The molecule has 0 unspecified atom stereocenters. The topological polar surface area (TPSA) is 66.5 Å². The van der Waals surface area contributed by atoms with Crippen molar-refractivity contribution >= 4 is 21.6 Å². The Labute approximate surface area is 172 Å². The van der Waals surface area contributed by atoms with Crippen molar-refractivity contribution in [2.24, 2.45) is 0 Å². The lowest BCUT2D eigenvalue weighted by atomic mass is 9.97. The Morgan fingerprint density at radius 1 is 0.931 bits per heavy atom. The summed E-state index contributed by atoms with van der Waals surface area (Å²) in [6, 6.07) is 13.4. The highest BCUT2D eigenvalue weighted by Crippen LogP contribution is 2.26. The number of para-hydroxylation sites is 1. The van der Waals surface area contributed by atoms with Crippen LogP contribution in [0.5, 0.6) is 0 Å². The van der Waals surface area contributed by atoms with Crippen LogP contribution in [0.2, 0.25) is 0 Å². The molecule has 0 bridgehead atoms. The number of halogens is 1. The number of hydrogen-bond acceptors (Lipinski definition) is 3. The third-order valence-corrected chi connectivity index (χ3v) is 6.98. The standard InChI is InChI=1S/C22H27FN2O3S/c23-20-15-9-10-16-21(20)25(29(27,28)19-13-7-4-8-14-19)17-22(26)24-18-11-5-2-1-3-6-12-18/h4,7-10,13-16,18H,1-3,5-6,11-12,17H2,(H,24,26). The summed E-state index contributed by atoms with van der Waals surface area (Å²) in [4.78, 5) is 12.8. The third-order valence-electron chi connectivity index (χ3n) is 5.21. The maximum atomic E-state index is 14.5. The van der Waals surface area contributed by atoms with Gasteiger partial charge in [0.15, 0.2) is 0 Å². The maximum absolute atomic E-state index is 14.5. The molecular weight excluding hydrogens is 391 g/mol. The van der Waals surface area contributed by atoms with E-state index in [1.165, 1.54) is 36.8 Å². The largest absolute Gasteiger partial charge is 0.352 e. The predicted octanol–water partition coefficient (Wildman–Crippen LogP) is 4.25. The molecule has 0 aliphatic heterocycles. The van der Waals surface area contributed by atoms with Crippen LogP contribution in [0.3, 0.4) is 0 Å². The summed E-state index contributed by atoms with van der Waals surface area (Å²) in [6.45, 7) is -0.464. The number of benzene rings is 2. The van der Waals surface area contributed by atoms with Gasteiger partial charge in [-0.15, -0.1) is 0 Å². The van der Waals surface area contributed by atoms with Crippen LogP contribution >= 0.6 is 0 Å². The second kappa shape index (κ2) is 9.87. The Balaban J connectivity index is 1.84. The molecule has 0 radical (unpaired) electrons. The Morgan fingerprint density at radius 3 is 2.17 bits per heavy atom. The Bertz CT molecular complexity index is 911. The summed E-state index contributed by atoms with van der Waals surface area (Å²) in [6.07, 6.45) is 7.38. The van der Waals surface area contributed by atoms with Crippen molar-refractivity contribution in [1.29, 1.82) is 0 Å². The van der Waals surface area contributed by atoms with Gasteiger partial charge in [0.2, 0.25) is 5.91 Å². The highest BCUT2D eigenvalue weighted by Gasteiger charge is 2.29. The fraction of sp³-hybridized carbons (Fsp3) is 0.409. The van der Waals surface area contributed by atoms with Gasteiger partial charge in [-0.1, -0.05) is 62.4 Å². The average Bonchev–Trinajstić information content (AvgIpc) is 2.69. The predicted molar refractivity (Wildman–Crippen MR) is 112 cm³/mol. The zero-order chi connectivity index (χ0) is 20.7. The normalized spacial score (nSPS) is 15.9. The maximum Gasteiger partial charge on any atom is 0.264 e. The number of sulfonamides is 1. The molecule has 29 heavy (non-hydrogen) atoms.